The van der Waals surface area contributed by atoms with Gasteiger partial charge in [-0.1, -0.05) is 53.9 Å². The maximum absolute atomic E-state index is 13.1. The lowest BCUT2D eigenvalue weighted by Gasteiger charge is -2.15. The van der Waals surface area contributed by atoms with Gasteiger partial charge in [-0.05, 0) is 49.2 Å². The predicted octanol–water partition coefficient (Wildman–Crippen LogP) is 5.45. The molecule has 0 saturated carbocycles. The lowest BCUT2D eigenvalue weighted by Crippen LogP contribution is -2.29. The number of carbonyl (C=O) groups excluding carboxylic acids is 1. The number of ketones is 1. The number of aromatic nitrogens is 2. The van der Waals surface area contributed by atoms with Crippen LogP contribution in [0.5, 0.6) is 0 Å². The van der Waals surface area contributed by atoms with Crippen LogP contribution in [-0.4, -0.2) is 26.8 Å². The molecule has 156 valence electrons. The number of hydrogen-bond acceptors (Lipinski definition) is 4. The molecule has 0 unspecified atom stereocenters. The number of Topliss-reactive ketones (excluding diaryl/α,β-unsaturated/α-hetero) is 1. The summed E-state index contributed by atoms with van der Waals surface area (Å²) in [7, 11) is 0. The summed E-state index contributed by atoms with van der Waals surface area (Å²) in [6.45, 7) is 3.36. The van der Waals surface area contributed by atoms with Gasteiger partial charge in [-0.15, -0.1) is 0 Å². The Hall–Kier alpha value is -2.18. The second kappa shape index (κ2) is 9.31. The van der Waals surface area contributed by atoms with Gasteiger partial charge < -0.3 is 5.11 Å². The number of benzene rings is 2. The van der Waals surface area contributed by atoms with Crippen molar-refractivity contribution in [3.05, 3.63) is 79.5 Å². The van der Waals surface area contributed by atoms with Gasteiger partial charge >= 0.3 is 0 Å². The molecule has 1 N–H and O–H groups in total. The van der Waals surface area contributed by atoms with E-state index in [4.69, 9.17) is 34.8 Å². The standard InChI is InChI=1S/C22H19Cl3N2O3/c1-12(13(2)28)7-21(29)19-11-20(14-3-5-15(23)6-4-14)26-27(22(19)30)18-9-16(24)8-17(25)10-18/h3-6,8-13,28H,7H2,1-2H3/t12-,13+/m1/s1. The van der Waals surface area contributed by atoms with Gasteiger partial charge in [0.25, 0.3) is 5.56 Å². The van der Waals surface area contributed by atoms with Gasteiger partial charge in [-0.2, -0.15) is 9.78 Å². The van der Waals surface area contributed by atoms with E-state index in [9.17, 15) is 14.7 Å². The fraction of sp³-hybridized carbons (Fsp3) is 0.227. The average molecular weight is 466 g/mol. The summed E-state index contributed by atoms with van der Waals surface area (Å²) < 4.78 is 1.11. The van der Waals surface area contributed by atoms with Crippen molar-refractivity contribution in [3.8, 4) is 16.9 Å². The number of rotatable bonds is 6. The molecule has 3 rings (SSSR count). The average Bonchev–Trinajstić information content (AvgIpc) is 2.67. The molecule has 3 aromatic rings. The van der Waals surface area contributed by atoms with Crippen molar-refractivity contribution in [2.45, 2.75) is 26.4 Å². The fourth-order valence-electron chi connectivity index (χ4n) is 2.87. The van der Waals surface area contributed by atoms with E-state index in [1.807, 2.05) is 0 Å². The second-order valence-corrected chi connectivity index (χ2v) is 8.45. The van der Waals surface area contributed by atoms with E-state index in [0.717, 1.165) is 4.68 Å². The Morgan fingerprint density at radius 3 is 2.17 bits per heavy atom. The van der Waals surface area contributed by atoms with E-state index in [-0.39, 0.29) is 23.7 Å². The zero-order valence-electron chi connectivity index (χ0n) is 16.3. The zero-order valence-corrected chi connectivity index (χ0v) is 18.5. The van der Waals surface area contributed by atoms with Gasteiger partial charge in [0, 0.05) is 27.1 Å². The lowest BCUT2D eigenvalue weighted by molar-refractivity contribution is 0.0867. The molecular weight excluding hydrogens is 447 g/mol. The first-order valence-corrected chi connectivity index (χ1v) is 10.4. The fourth-order valence-corrected chi connectivity index (χ4v) is 3.51. The Bertz CT molecular complexity index is 1120. The van der Waals surface area contributed by atoms with Crippen molar-refractivity contribution in [1.82, 2.24) is 9.78 Å². The minimum Gasteiger partial charge on any atom is -0.393 e. The highest BCUT2D eigenvalue weighted by molar-refractivity contribution is 6.34. The molecular formula is C22H19Cl3N2O3. The van der Waals surface area contributed by atoms with Gasteiger partial charge in [0.05, 0.1) is 23.0 Å². The summed E-state index contributed by atoms with van der Waals surface area (Å²) >= 11 is 18.2. The molecule has 2 atom stereocenters. The summed E-state index contributed by atoms with van der Waals surface area (Å²) in [6, 6.07) is 13.0. The Labute approximate surface area is 188 Å². The topological polar surface area (TPSA) is 72.2 Å². The number of hydrogen-bond donors (Lipinski definition) is 1. The number of aliphatic hydroxyl groups excluding tert-OH is 1. The summed E-state index contributed by atoms with van der Waals surface area (Å²) in [5.74, 6) is -0.689. The third kappa shape index (κ3) is 5.10. The van der Waals surface area contributed by atoms with Crippen LogP contribution in [0.25, 0.3) is 16.9 Å². The second-order valence-electron chi connectivity index (χ2n) is 7.14. The molecule has 0 aliphatic carbocycles. The predicted molar refractivity (Wildman–Crippen MR) is 120 cm³/mol. The third-order valence-corrected chi connectivity index (χ3v) is 5.46. The van der Waals surface area contributed by atoms with Crippen LogP contribution >= 0.6 is 34.8 Å². The third-order valence-electron chi connectivity index (χ3n) is 4.77. The van der Waals surface area contributed by atoms with Crippen molar-refractivity contribution in [2.75, 3.05) is 0 Å². The Kier molecular flexibility index (Phi) is 6.98. The summed E-state index contributed by atoms with van der Waals surface area (Å²) in [5.41, 5.74) is 0.813. The van der Waals surface area contributed by atoms with Crippen LogP contribution in [0.2, 0.25) is 15.1 Å². The van der Waals surface area contributed by atoms with Crippen molar-refractivity contribution in [3.63, 3.8) is 0 Å². The molecule has 1 aromatic heterocycles. The first-order chi connectivity index (χ1) is 14.2. The monoisotopic (exact) mass is 464 g/mol. The van der Waals surface area contributed by atoms with E-state index in [2.05, 4.69) is 5.10 Å². The minimum atomic E-state index is -0.680. The van der Waals surface area contributed by atoms with Crippen LogP contribution in [0, 0.1) is 5.92 Å². The molecule has 0 fully saturated rings. The molecule has 2 aromatic carbocycles. The molecule has 0 saturated heterocycles. The molecule has 0 aliphatic heterocycles. The maximum Gasteiger partial charge on any atom is 0.282 e. The molecule has 1 heterocycles. The van der Waals surface area contributed by atoms with Gasteiger partial charge in [0.15, 0.2) is 5.78 Å². The summed E-state index contributed by atoms with van der Waals surface area (Å²) in [4.78, 5) is 26.0. The van der Waals surface area contributed by atoms with E-state index >= 15 is 0 Å². The molecule has 5 nitrogen and oxygen atoms in total. The first-order valence-electron chi connectivity index (χ1n) is 9.23. The zero-order chi connectivity index (χ0) is 22.0. The van der Waals surface area contributed by atoms with Gasteiger partial charge in [0.2, 0.25) is 0 Å². The van der Waals surface area contributed by atoms with Gasteiger partial charge in [-0.25, -0.2) is 0 Å². The van der Waals surface area contributed by atoms with E-state index in [1.165, 1.54) is 12.1 Å². The largest absolute Gasteiger partial charge is 0.393 e. The maximum atomic E-state index is 13.1. The molecule has 30 heavy (non-hydrogen) atoms. The number of nitrogens with zero attached hydrogens (tertiary/aromatic N) is 2. The van der Waals surface area contributed by atoms with Gasteiger partial charge in [-0.3, -0.25) is 9.59 Å². The van der Waals surface area contributed by atoms with Crippen molar-refractivity contribution in [1.29, 1.82) is 0 Å². The molecule has 0 radical (unpaired) electrons. The highest BCUT2D eigenvalue weighted by Gasteiger charge is 2.21. The smallest absolute Gasteiger partial charge is 0.282 e. The minimum absolute atomic E-state index is 0.0211. The molecule has 0 amide bonds. The van der Waals surface area contributed by atoms with Crippen LogP contribution in [0.1, 0.15) is 30.6 Å². The summed E-state index contributed by atoms with van der Waals surface area (Å²) in [5, 5.41) is 15.4. The number of halogens is 3. The Morgan fingerprint density at radius 1 is 1.00 bits per heavy atom. The van der Waals surface area contributed by atoms with E-state index in [0.29, 0.717) is 32.0 Å². The Balaban J connectivity index is 2.20. The van der Waals surface area contributed by atoms with Crippen LogP contribution in [-0.2, 0) is 0 Å². The SMILES string of the molecule is C[C@H](O)[C@H](C)CC(=O)c1cc(-c2ccc(Cl)cc2)nn(-c2cc(Cl)cc(Cl)c2)c1=O. The molecule has 8 heteroatoms. The number of carbonyl (C=O) groups is 1. The summed E-state index contributed by atoms with van der Waals surface area (Å²) in [6.07, 6.45) is -0.659. The van der Waals surface area contributed by atoms with Gasteiger partial charge in [0.1, 0.15) is 0 Å². The van der Waals surface area contributed by atoms with E-state index < -0.39 is 11.7 Å². The van der Waals surface area contributed by atoms with Crippen LogP contribution in [0.4, 0.5) is 0 Å². The van der Waals surface area contributed by atoms with Crippen LogP contribution in [0.15, 0.2) is 53.3 Å². The molecule has 0 bridgehead atoms. The lowest BCUT2D eigenvalue weighted by atomic mass is 9.96. The van der Waals surface area contributed by atoms with Crippen molar-refractivity contribution < 1.29 is 9.90 Å². The Morgan fingerprint density at radius 2 is 1.60 bits per heavy atom. The number of aliphatic hydroxyl groups is 1. The van der Waals surface area contributed by atoms with Crippen LogP contribution in [0.3, 0.4) is 0 Å². The van der Waals surface area contributed by atoms with Crippen LogP contribution < -0.4 is 5.56 Å². The highest BCUT2D eigenvalue weighted by atomic mass is 35.5. The highest BCUT2D eigenvalue weighted by Crippen LogP contribution is 2.24. The molecule has 0 aliphatic rings. The quantitative estimate of drug-likeness (QED) is 0.491. The van der Waals surface area contributed by atoms with Crippen molar-refractivity contribution in [2.24, 2.45) is 5.92 Å². The van der Waals surface area contributed by atoms with Crippen molar-refractivity contribution >= 4 is 40.6 Å². The normalized spacial score (nSPS) is 13.1. The first kappa shape index (κ1) is 22.5. The van der Waals surface area contributed by atoms with E-state index in [1.54, 1.807) is 50.2 Å². The molecule has 0 spiro atoms.